The van der Waals surface area contributed by atoms with Crippen molar-refractivity contribution in [3.63, 3.8) is 0 Å². The normalized spacial score (nSPS) is 14.5. The van der Waals surface area contributed by atoms with E-state index in [1.807, 2.05) is 30.5 Å². The number of amides is 1. The van der Waals surface area contributed by atoms with Crippen molar-refractivity contribution in [1.82, 2.24) is 30.0 Å². The summed E-state index contributed by atoms with van der Waals surface area (Å²) in [6.45, 7) is 9.37. The van der Waals surface area contributed by atoms with Gasteiger partial charge in [-0.2, -0.15) is 18.3 Å². The quantitative estimate of drug-likeness (QED) is 0.200. The number of aliphatic carboxylic acids is 1. The fraction of sp³-hybridized carbons (Fsp3) is 0.290. The Morgan fingerprint density at radius 2 is 1.73 bits per heavy atom. The Bertz CT molecular complexity index is 1770. The molecule has 0 aliphatic carbocycles. The minimum absolute atomic E-state index is 0.231. The van der Waals surface area contributed by atoms with Crippen molar-refractivity contribution < 1.29 is 27.9 Å². The third-order valence-electron chi connectivity index (χ3n) is 7.52. The van der Waals surface area contributed by atoms with Gasteiger partial charge in [0.25, 0.3) is 5.91 Å². The summed E-state index contributed by atoms with van der Waals surface area (Å²) in [5.41, 5.74) is 6.04. The zero-order valence-corrected chi connectivity index (χ0v) is 24.2. The number of carboxylic acids is 1. The van der Waals surface area contributed by atoms with Crippen LogP contribution in [0.1, 0.15) is 30.0 Å². The second-order valence-electron chi connectivity index (χ2n) is 10.8. The van der Waals surface area contributed by atoms with Crippen LogP contribution in [0, 0.1) is 0 Å². The summed E-state index contributed by atoms with van der Waals surface area (Å²) in [5.74, 6) is -2.99. The number of alkyl halides is 3. The van der Waals surface area contributed by atoms with E-state index in [1.54, 1.807) is 12.3 Å². The third-order valence-corrected chi connectivity index (χ3v) is 7.52. The number of nitrogens with zero attached hydrogens (tertiary/aromatic N) is 4. The maximum Gasteiger partial charge on any atom is 0.490 e. The van der Waals surface area contributed by atoms with Gasteiger partial charge in [0.05, 0.1) is 23.1 Å². The zero-order valence-electron chi connectivity index (χ0n) is 24.2. The Morgan fingerprint density at radius 1 is 1.00 bits per heavy atom. The fourth-order valence-electron chi connectivity index (χ4n) is 5.19. The van der Waals surface area contributed by atoms with E-state index in [-0.39, 0.29) is 5.91 Å². The first kappa shape index (κ1) is 30.7. The number of anilines is 1. The fourth-order valence-corrected chi connectivity index (χ4v) is 5.19. The van der Waals surface area contributed by atoms with Crippen LogP contribution in [0.4, 0.5) is 18.9 Å². The number of carbonyl (C=O) groups excluding carboxylic acids is 1. The molecule has 0 spiro atoms. The van der Waals surface area contributed by atoms with E-state index in [4.69, 9.17) is 14.9 Å². The van der Waals surface area contributed by atoms with Crippen LogP contribution in [-0.2, 0) is 11.3 Å². The number of carboxylic acid groups (broad SMARTS) is 1. The molecule has 0 radical (unpaired) electrons. The van der Waals surface area contributed by atoms with Crippen LogP contribution in [0.2, 0.25) is 0 Å². The predicted molar refractivity (Wildman–Crippen MR) is 161 cm³/mol. The van der Waals surface area contributed by atoms with Gasteiger partial charge in [-0.05, 0) is 61.4 Å². The van der Waals surface area contributed by atoms with E-state index in [2.05, 4.69) is 68.4 Å². The first-order valence-electron chi connectivity index (χ1n) is 14.1. The molecule has 1 amide bonds. The molecule has 1 fully saturated rings. The highest BCUT2D eigenvalue weighted by molar-refractivity contribution is 6.09. The van der Waals surface area contributed by atoms with Crippen molar-refractivity contribution in [3.05, 3.63) is 78.4 Å². The first-order chi connectivity index (χ1) is 21.0. The van der Waals surface area contributed by atoms with Gasteiger partial charge in [-0.15, -0.1) is 0 Å². The van der Waals surface area contributed by atoms with Crippen LogP contribution in [0.25, 0.3) is 32.9 Å². The summed E-state index contributed by atoms with van der Waals surface area (Å²) >= 11 is 0. The van der Waals surface area contributed by atoms with E-state index >= 15 is 0 Å². The summed E-state index contributed by atoms with van der Waals surface area (Å²) in [4.78, 5) is 35.1. The Labute approximate surface area is 250 Å². The average Bonchev–Trinajstić information content (AvgIpc) is 3.67. The van der Waals surface area contributed by atoms with Gasteiger partial charge in [0, 0.05) is 61.3 Å². The largest absolute Gasteiger partial charge is 0.490 e. The van der Waals surface area contributed by atoms with Gasteiger partial charge in [-0.25, -0.2) is 9.78 Å². The highest BCUT2D eigenvalue weighted by Crippen LogP contribution is 2.34. The second-order valence-corrected chi connectivity index (χ2v) is 10.8. The molecule has 230 valence electrons. The topological polar surface area (TPSA) is 130 Å². The van der Waals surface area contributed by atoms with Gasteiger partial charge >= 0.3 is 12.1 Å². The van der Waals surface area contributed by atoms with E-state index < -0.39 is 12.1 Å². The van der Waals surface area contributed by atoms with E-state index in [0.29, 0.717) is 17.4 Å². The minimum Gasteiger partial charge on any atom is -0.475 e. The smallest absolute Gasteiger partial charge is 0.475 e. The molecule has 4 N–H and O–H groups in total. The molecule has 2 aromatic carbocycles. The molecule has 0 unspecified atom stereocenters. The number of carbonyl (C=O) groups is 2. The van der Waals surface area contributed by atoms with Crippen molar-refractivity contribution in [3.8, 4) is 11.1 Å². The molecule has 13 heteroatoms. The molecule has 44 heavy (non-hydrogen) atoms. The number of hydrogen-bond donors (Lipinski definition) is 4. The van der Waals surface area contributed by atoms with Crippen LogP contribution < -0.4 is 5.32 Å². The first-order valence-corrected chi connectivity index (χ1v) is 14.1. The Morgan fingerprint density at radius 3 is 2.43 bits per heavy atom. The number of aromatic nitrogens is 4. The van der Waals surface area contributed by atoms with Gasteiger partial charge in [0.1, 0.15) is 5.69 Å². The monoisotopic (exact) mass is 607 g/mol. The maximum absolute atomic E-state index is 13.3. The van der Waals surface area contributed by atoms with Crippen molar-refractivity contribution in [1.29, 1.82) is 0 Å². The number of rotatable bonds is 6. The molecule has 10 nitrogen and oxygen atoms in total. The number of aromatic amines is 2. The lowest BCUT2D eigenvalue weighted by Gasteiger charge is -2.36. The van der Waals surface area contributed by atoms with E-state index in [9.17, 15) is 18.0 Å². The Kier molecular flexibility index (Phi) is 8.97. The zero-order chi connectivity index (χ0) is 31.4. The Balaban J connectivity index is 0.000000493. The lowest BCUT2D eigenvalue weighted by molar-refractivity contribution is -0.192. The average molecular weight is 608 g/mol. The highest BCUT2D eigenvalue weighted by atomic mass is 19.4. The molecule has 0 bridgehead atoms. The summed E-state index contributed by atoms with van der Waals surface area (Å²) < 4.78 is 31.7. The van der Waals surface area contributed by atoms with Crippen LogP contribution in [0.5, 0.6) is 0 Å². The van der Waals surface area contributed by atoms with Gasteiger partial charge in [0.2, 0.25) is 0 Å². The number of piperazine rings is 1. The molecule has 1 saturated heterocycles. The molecule has 0 atom stereocenters. The minimum atomic E-state index is -5.08. The summed E-state index contributed by atoms with van der Waals surface area (Å²) in [6.07, 6.45) is -1.40. The van der Waals surface area contributed by atoms with Gasteiger partial charge < -0.3 is 15.4 Å². The lowest BCUT2D eigenvalue weighted by atomic mass is 9.99. The predicted octanol–water partition coefficient (Wildman–Crippen LogP) is 5.52. The number of benzene rings is 2. The summed E-state index contributed by atoms with van der Waals surface area (Å²) in [5, 5.41) is 19.5. The number of H-pyrrole nitrogens is 2. The highest BCUT2D eigenvalue weighted by Gasteiger charge is 2.38. The van der Waals surface area contributed by atoms with Crippen molar-refractivity contribution in [2.45, 2.75) is 32.6 Å². The van der Waals surface area contributed by atoms with Crippen LogP contribution in [0.3, 0.4) is 0 Å². The molecule has 6 rings (SSSR count). The number of halogens is 3. The number of hydrogen-bond acceptors (Lipinski definition) is 6. The molecule has 4 heterocycles. The van der Waals surface area contributed by atoms with E-state index in [0.717, 1.165) is 71.4 Å². The van der Waals surface area contributed by atoms with Crippen LogP contribution >= 0.6 is 0 Å². The van der Waals surface area contributed by atoms with Gasteiger partial charge in [-0.3, -0.25) is 19.7 Å². The van der Waals surface area contributed by atoms with Gasteiger partial charge in [0.15, 0.2) is 0 Å². The molecule has 0 saturated carbocycles. The third kappa shape index (κ3) is 7.06. The lowest BCUT2D eigenvalue weighted by Crippen LogP contribution is -2.48. The van der Waals surface area contributed by atoms with Crippen molar-refractivity contribution in [2.75, 3.05) is 31.5 Å². The number of fused-ring (bicyclic) bond motifs is 2. The van der Waals surface area contributed by atoms with Crippen molar-refractivity contribution in [2.24, 2.45) is 0 Å². The standard InChI is InChI=1S/C29H31N7O.C2HF3O2/c1-19(2)36-13-11-35(12-14-36)18-21-5-3-8-26(32-21)29(37)33-27-15-20(16-28-24(27)17-31-34-28)22-6-4-7-25-23(22)9-10-30-25;3-2(4,5)1(6)7/h3-10,15-17,19,30H,11-14,18H2,1-2H3,(H,31,34)(H,33,37);(H,6,7). The molecule has 1 aliphatic heterocycles. The van der Waals surface area contributed by atoms with Crippen LogP contribution in [-0.4, -0.2) is 85.3 Å². The summed E-state index contributed by atoms with van der Waals surface area (Å²) in [6, 6.07) is 18.6. The SMILES string of the molecule is CC(C)N1CCN(Cc2cccc(C(=O)Nc3cc(-c4cccc5[nH]ccc45)cc4[nH]ncc34)n2)CC1.O=C(O)C(F)(F)F. The molecular weight excluding hydrogens is 575 g/mol. The molecule has 1 aliphatic rings. The molecular formula is C31H32F3N7O3. The van der Waals surface area contributed by atoms with Gasteiger partial charge in [-0.1, -0.05) is 18.2 Å². The number of nitrogens with one attached hydrogen (secondary N) is 3. The van der Waals surface area contributed by atoms with Crippen LogP contribution in [0.15, 0.2) is 67.0 Å². The second kappa shape index (κ2) is 12.9. The molecule has 5 aromatic rings. The Hall–Kier alpha value is -4.75. The molecule has 3 aromatic heterocycles. The van der Waals surface area contributed by atoms with Crippen molar-refractivity contribution >= 4 is 39.4 Å². The van der Waals surface area contributed by atoms with E-state index in [1.165, 1.54) is 0 Å². The maximum atomic E-state index is 13.3. The summed E-state index contributed by atoms with van der Waals surface area (Å²) in [7, 11) is 0. The number of pyridine rings is 1.